The first kappa shape index (κ1) is 12.5. The first-order valence-corrected chi connectivity index (χ1v) is 7.39. The van der Waals surface area contributed by atoms with Crippen molar-refractivity contribution in [1.29, 1.82) is 0 Å². The zero-order valence-electron chi connectivity index (χ0n) is 10.1. The van der Waals surface area contributed by atoms with Crippen molar-refractivity contribution in [2.45, 2.75) is 31.1 Å². The molecular weight excluding hydrogens is 232 g/mol. The van der Waals surface area contributed by atoms with Gasteiger partial charge in [0.15, 0.2) is 0 Å². The average Bonchev–Trinajstić information content (AvgIpc) is 2.87. The molecule has 1 saturated carbocycles. The van der Waals surface area contributed by atoms with Gasteiger partial charge in [0, 0.05) is 0 Å². The number of thioether (sulfide) groups is 1. The second-order valence-electron chi connectivity index (χ2n) is 4.56. The molecule has 1 aliphatic carbocycles. The van der Waals surface area contributed by atoms with E-state index in [1.54, 1.807) is 11.8 Å². The van der Waals surface area contributed by atoms with E-state index in [0.29, 0.717) is 5.94 Å². The topological polar surface area (TPSA) is 26.3 Å². The molecule has 0 saturated heterocycles. The lowest BCUT2D eigenvalue weighted by Gasteiger charge is -2.22. The molecule has 1 aliphatic rings. The van der Waals surface area contributed by atoms with E-state index in [4.69, 9.17) is 4.74 Å². The quantitative estimate of drug-likeness (QED) is 0.592. The van der Waals surface area contributed by atoms with Gasteiger partial charge in [-0.3, -0.25) is 0 Å². The lowest BCUT2D eigenvalue weighted by atomic mass is 9.80. The van der Waals surface area contributed by atoms with Crippen LogP contribution < -0.4 is 4.74 Å². The van der Waals surface area contributed by atoms with Gasteiger partial charge in [0.2, 0.25) is 0 Å². The summed E-state index contributed by atoms with van der Waals surface area (Å²) < 4.78 is 5.51. The highest BCUT2D eigenvalue weighted by Crippen LogP contribution is 2.39. The largest absolute Gasteiger partial charge is 0.483 e. The van der Waals surface area contributed by atoms with E-state index in [2.05, 4.69) is 0 Å². The van der Waals surface area contributed by atoms with Crippen LogP contribution in [0.1, 0.15) is 31.2 Å². The molecule has 1 aromatic carbocycles. The Hall–Kier alpha value is -0.960. The predicted octanol–water partition coefficient (Wildman–Crippen LogP) is 3.40. The molecular formula is C14H18O2S. The zero-order valence-corrected chi connectivity index (χ0v) is 11.0. The standard InChI is InChI=1S/C14H18O2S/c1-17-11-16-13-6-4-12(5-7-13)14(10-15)8-2-3-9-14/h4-7,10H,2-3,8-9,11H2,1H3. The van der Waals surface area contributed by atoms with Gasteiger partial charge in [-0.15, -0.1) is 11.8 Å². The normalized spacial score (nSPS) is 17.9. The van der Waals surface area contributed by atoms with Crippen LogP contribution in [0.4, 0.5) is 0 Å². The molecule has 0 heterocycles. The van der Waals surface area contributed by atoms with Gasteiger partial charge in [-0.2, -0.15) is 0 Å². The minimum absolute atomic E-state index is 0.224. The summed E-state index contributed by atoms with van der Waals surface area (Å²) in [4.78, 5) is 11.4. The Kier molecular flexibility index (Phi) is 4.11. The molecule has 0 bridgehead atoms. The first-order chi connectivity index (χ1) is 8.30. The van der Waals surface area contributed by atoms with Crippen LogP contribution in [-0.2, 0) is 10.2 Å². The summed E-state index contributed by atoms with van der Waals surface area (Å²) in [6.45, 7) is 0. The van der Waals surface area contributed by atoms with Crippen molar-refractivity contribution in [2.24, 2.45) is 0 Å². The molecule has 2 nitrogen and oxygen atoms in total. The van der Waals surface area contributed by atoms with Crippen molar-refractivity contribution < 1.29 is 9.53 Å². The molecule has 3 heteroatoms. The molecule has 0 spiro atoms. The van der Waals surface area contributed by atoms with E-state index in [1.807, 2.05) is 30.5 Å². The van der Waals surface area contributed by atoms with Crippen LogP contribution in [0, 0.1) is 0 Å². The Bertz CT molecular complexity index is 366. The fraction of sp³-hybridized carbons (Fsp3) is 0.500. The fourth-order valence-electron chi connectivity index (χ4n) is 2.49. The van der Waals surface area contributed by atoms with E-state index < -0.39 is 0 Å². The van der Waals surface area contributed by atoms with E-state index >= 15 is 0 Å². The smallest absolute Gasteiger partial charge is 0.133 e. The fourth-order valence-corrected chi connectivity index (χ4v) is 2.74. The van der Waals surface area contributed by atoms with Gasteiger partial charge in [0.25, 0.3) is 0 Å². The molecule has 0 amide bonds. The van der Waals surface area contributed by atoms with Crippen molar-refractivity contribution in [2.75, 3.05) is 12.2 Å². The third kappa shape index (κ3) is 2.65. The summed E-state index contributed by atoms with van der Waals surface area (Å²) >= 11 is 1.65. The number of carbonyl (C=O) groups excluding carboxylic acids is 1. The van der Waals surface area contributed by atoms with Gasteiger partial charge in [-0.25, -0.2) is 0 Å². The van der Waals surface area contributed by atoms with Crippen molar-refractivity contribution in [3.63, 3.8) is 0 Å². The highest BCUT2D eigenvalue weighted by molar-refractivity contribution is 7.98. The second-order valence-corrected chi connectivity index (χ2v) is 5.37. The number of aldehydes is 1. The van der Waals surface area contributed by atoms with Gasteiger partial charge in [0.05, 0.1) is 5.41 Å². The van der Waals surface area contributed by atoms with Crippen LogP contribution in [-0.4, -0.2) is 18.5 Å². The van der Waals surface area contributed by atoms with E-state index in [-0.39, 0.29) is 5.41 Å². The van der Waals surface area contributed by atoms with Gasteiger partial charge in [-0.1, -0.05) is 25.0 Å². The second kappa shape index (κ2) is 5.58. The van der Waals surface area contributed by atoms with Crippen LogP contribution in [0.3, 0.4) is 0 Å². The Morgan fingerprint density at radius 3 is 2.47 bits per heavy atom. The molecule has 1 fully saturated rings. The highest BCUT2D eigenvalue weighted by atomic mass is 32.2. The number of carbonyl (C=O) groups is 1. The van der Waals surface area contributed by atoms with Crippen LogP contribution >= 0.6 is 11.8 Å². The maximum Gasteiger partial charge on any atom is 0.133 e. The number of rotatable bonds is 5. The predicted molar refractivity (Wildman–Crippen MR) is 71.7 cm³/mol. The summed E-state index contributed by atoms with van der Waals surface area (Å²) in [7, 11) is 0. The molecule has 0 aliphatic heterocycles. The average molecular weight is 250 g/mol. The molecule has 1 aromatic rings. The van der Waals surface area contributed by atoms with E-state index in [0.717, 1.165) is 43.3 Å². The number of hydrogen-bond donors (Lipinski definition) is 0. The van der Waals surface area contributed by atoms with Gasteiger partial charge in [0.1, 0.15) is 18.0 Å². The van der Waals surface area contributed by atoms with Gasteiger partial charge >= 0.3 is 0 Å². The summed E-state index contributed by atoms with van der Waals surface area (Å²) in [5.41, 5.74) is 0.916. The molecule has 0 aromatic heterocycles. The lowest BCUT2D eigenvalue weighted by molar-refractivity contribution is -0.112. The molecule has 2 rings (SSSR count). The highest BCUT2D eigenvalue weighted by Gasteiger charge is 2.35. The Morgan fingerprint density at radius 2 is 1.94 bits per heavy atom. The van der Waals surface area contributed by atoms with Gasteiger partial charge in [-0.05, 0) is 36.8 Å². The Labute approximate surface area is 107 Å². The first-order valence-electron chi connectivity index (χ1n) is 5.99. The van der Waals surface area contributed by atoms with Gasteiger partial charge < -0.3 is 9.53 Å². The minimum Gasteiger partial charge on any atom is -0.483 e. The summed E-state index contributed by atoms with van der Waals surface area (Å²) in [5, 5.41) is 0. The van der Waals surface area contributed by atoms with E-state index in [1.165, 1.54) is 0 Å². The molecule has 0 radical (unpaired) electrons. The number of hydrogen-bond acceptors (Lipinski definition) is 3. The van der Waals surface area contributed by atoms with E-state index in [9.17, 15) is 4.79 Å². The van der Waals surface area contributed by atoms with Crippen molar-refractivity contribution in [3.8, 4) is 5.75 Å². The molecule has 0 unspecified atom stereocenters. The molecule has 92 valence electrons. The number of ether oxygens (including phenoxy) is 1. The monoisotopic (exact) mass is 250 g/mol. The minimum atomic E-state index is -0.224. The number of benzene rings is 1. The summed E-state index contributed by atoms with van der Waals surface area (Å²) in [5.74, 6) is 1.54. The summed E-state index contributed by atoms with van der Waals surface area (Å²) in [6, 6.07) is 8.01. The zero-order chi connectivity index (χ0) is 12.1. The molecule has 0 atom stereocenters. The van der Waals surface area contributed by atoms with Crippen LogP contribution in [0.5, 0.6) is 5.75 Å². The SMILES string of the molecule is CSCOc1ccc(C2(C=O)CCCC2)cc1. The summed E-state index contributed by atoms with van der Waals surface area (Å²) in [6.07, 6.45) is 7.43. The van der Waals surface area contributed by atoms with Crippen LogP contribution in [0.25, 0.3) is 0 Å². The Balaban J connectivity index is 2.13. The van der Waals surface area contributed by atoms with Crippen LogP contribution in [0.2, 0.25) is 0 Å². The maximum absolute atomic E-state index is 11.4. The third-order valence-corrected chi connectivity index (χ3v) is 3.85. The molecule has 0 N–H and O–H groups in total. The third-order valence-electron chi connectivity index (χ3n) is 3.49. The van der Waals surface area contributed by atoms with Crippen molar-refractivity contribution >= 4 is 18.0 Å². The van der Waals surface area contributed by atoms with Crippen LogP contribution in [0.15, 0.2) is 24.3 Å². The molecule has 17 heavy (non-hydrogen) atoms. The Morgan fingerprint density at radius 1 is 1.29 bits per heavy atom. The lowest BCUT2D eigenvalue weighted by Crippen LogP contribution is -2.23. The maximum atomic E-state index is 11.4. The van der Waals surface area contributed by atoms with Crippen molar-refractivity contribution in [1.82, 2.24) is 0 Å². The van der Waals surface area contributed by atoms with Crippen molar-refractivity contribution in [3.05, 3.63) is 29.8 Å².